The molecule has 2 aromatic heterocycles. The number of hydrogen-bond acceptors (Lipinski definition) is 5. The van der Waals surface area contributed by atoms with Crippen molar-refractivity contribution in [1.29, 1.82) is 0 Å². The normalized spacial score (nSPS) is 18.0. The van der Waals surface area contributed by atoms with Crippen molar-refractivity contribution in [3.63, 3.8) is 0 Å². The topological polar surface area (TPSA) is 64.7 Å². The van der Waals surface area contributed by atoms with Gasteiger partial charge >= 0.3 is 0 Å². The number of hydrogen-bond donors (Lipinski definition) is 0. The van der Waals surface area contributed by atoms with E-state index in [0.717, 1.165) is 54.9 Å². The molecule has 0 fully saturated rings. The van der Waals surface area contributed by atoms with E-state index in [1.165, 1.54) is 50.3 Å². The summed E-state index contributed by atoms with van der Waals surface area (Å²) in [4.78, 5) is 2.54. The van der Waals surface area contributed by atoms with Crippen LogP contribution in [0.15, 0.2) is 54.6 Å². The maximum absolute atomic E-state index is 5.08. The van der Waals surface area contributed by atoms with Gasteiger partial charge in [0.2, 0.25) is 0 Å². The number of benzene rings is 3. The van der Waals surface area contributed by atoms with E-state index in [1.807, 2.05) is 0 Å². The number of para-hydroxylation sites is 1. The first-order chi connectivity index (χ1) is 23.4. The third kappa shape index (κ3) is 5.13. The highest BCUT2D eigenvalue weighted by Gasteiger charge is 2.46. The Labute approximate surface area is 298 Å². The van der Waals surface area contributed by atoms with Crippen molar-refractivity contribution in [2.24, 2.45) is 5.41 Å². The number of nitrogens with zero attached hydrogens (tertiary/aromatic N) is 7. The number of rotatable bonds is 2. The van der Waals surface area contributed by atoms with Crippen LogP contribution in [-0.4, -0.2) is 35.5 Å². The van der Waals surface area contributed by atoms with Gasteiger partial charge in [-0.1, -0.05) is 79.7 Å². The van der Waals surface area contributed by atoms with Gasteiger partial charge in [0.15, 0.2) is 0 Å². The van der Waals surface area contributed by atoms with Gasteiger partial charge in [-0.15, -0.1) is 10.2 Å². The van der Waals surface area contributed by atoms with Gasteiger partial charge in [-0.3, -0.25) is 0 Å². The summed E-state index contributed by atoms with van der Waals surface area (Å²) >= 11 is 0. The van der Waals surface area contributed by atoms with Gasteiger partial charge in [0, 0.05) is 34.8 Å². The summed E-state index contributed by atoms with van der Waals surface area (Å²) in [5.41, 5.74) is 16.0. The Kier molecular flexibility index (Phi) is 7.16. The minimum absolute atomic E-state index is 0.0436. The summed E-state index contributed by atoms with van der Waals surface area (Å²) in [5, 5.41) is 19.8. The molecule has 1 unspecified atom stereocenters. The van der Waals surface area contributed by atoms with Crippen LogP contribution < -0.4 is 4.90 Å². The largest absolute Gasteiger partial charge is 0.362 e. The van der Waals surface area contributed by atoms with E-state index in [1.54, 1.807) is 0 Å². The van der Waals surface area contributed by atoms with E-state index in [2.05, 4.69) is 145 Å². The van der Waals surface area contributed by atoms with Crippen LogP contribution in [0.5, 0.6) is 0 Å². The average molecular weight is 668 g/mol. The maximum atomic E-state index is 5.08. The standard InChI is InChI=1S/C43H53N7/c1-40(2,3)24-26-16-17-27-19-21-34-37(44-46-49(34)42(7,8)9)32(23-29(27)22-26)30-20-18-28-25-48(41(4,5)6)33-15-13-12-14-31(33)38-39-35(28)36(30)43(10,11)50(39)47-45-38/h12-18,20,22,32H,19,21,23-25H2,1-11H3. The molecule has 50 heavy (non-hydrogen) atoms. The van der Waals surface area contributed by atoms with Gasteiger partial charge in [-0.05, 0) is 126 Å². The summed E-state index contributed by atoms with van der Waals surface area (Å²) in [7, 11) is 0. The lowest BCUT2D eigenvalue weighted by atomic mass is 9.75. The Hall–Kier alpha value is -4.26. The highest BCUT2D eigenvalue weighted by molar-refractivity contribution is 5.92. The Morgan fingerprint density at radius 2 is 1.52 bits per heavy atom. The smallest absolute Gasteiger partial charge is 0.123 e. The molecular weight excluding hydrogens is 615 g/mol. The van der Waals surface area contributed by atoms with E-state index in [4.69, 9.17) is 20.6 Å². The van der Waals surface area contributed by atoms with Crippen LogP contribution >= 0.6 is 0 Å². The third-order valence-electron chi connectivity index (χ3n) is 11.2. The van der Waals surface area contributed by atoms with Crippen LogP contribution in [-0.2, 0) is 43.3 Å². The SMILES string of the molecule is CC(C)(C)Cc1ccc2c(c1)CC(c1ccc3c4c1C(C)(C)n1nnc(c1-4)-c1ccccc1N(C(C)(C)C)C3)c1nnn(C(C)(C)C)c1CC2. The monoisotopic (exact) mass is 667 g/mol. The average Bonchev–Trinajstić information content (AvgIpc) is 3.69. The predicted molar refractivity (Wildman–Crippen MR) is 203 cm³/mol. The number of anilines is 1. The number of fused-ring (bicyclic) bond motifs is 4. The van der Waals surface area contributed by atoms with Crippen LogP contribution in [0.4, 0.5) is 5.69 Å². The summed E-state index contributed by atoms with van der Waals surface area (Å²) < 4.78 is 4.40. The first-order valence-corrected chi connectivity index (χ1v) is 18.5. The fraction of sp³-hybridized carbons (Fsp3) is 0.488. The second kappa shape index (κ2) is 10.9. The van der Waals surface area contributed by atoms with Gasteiger partial charge in [0.25, 0.3) is 0 Å². The molecule has 260 valence electrons. The van der Waals surface area contributed by atoms with Crippen LogP contribution in [0.3, 0.4) is 0 Å². The lowest BCUT2D eigenvalue weighted by molar-refractivity contribution is 0.335. The summed E-state index contributed by atoms with van der Waals surface area (Å²) in [5.74, 6) is 0.0436. The molecule has 0 saturated carbocycles. The van der Waals surface area contributed by atoms with Gasteiger partial charge in [-0.2, -0.15) is 0 Å². The molecule has 0 radical (unpaired) electrons. The zero-order chi connectivity index (χ0) is 35.5. The fourth-order valence-electron chi connectivity index (χ4n) is 8.98. The van der Waals surface area contributed by atoms with Gasteiger partial charge < -0.3 is 4.90 Å². The Balaban J connectivity index is 1.38. The molecule has 3 aromatic carbocycles. The summed E-state index contributed by atoms with van der Waals surface area (Å²) in [6.45, 7) is 26.1. The fourth-order valence-corrected chi connectivity index (χ4v) is 8.98. The molecule has 0 amide bonds. The van der Waals surface area contributed by atoms with Crippen molar-refractivity contribution in [2.45, 2.75) is 131 Å². The minimum Gasteiger partial charge on any atom is -0.362 e. The molecule has 1 atom stereocenters. The molecule has 0 N–H and O–H groups in total. The van der Waals surface area contributed by atoms with Crippen molar-refractivity contribution in [2.75, 3.05) is 4.90 Å². The number of aromatic nitrogens is 6. The lowest BCUT2D eigenvalue weighted by Crippen LogP contribution is -2.41. The molecule has 0 spiro atoms. The first kappa shape index (κ1) is 32.9. The van der Waals surface area contributed by atoms with Crippen LogP contribution in [0.25, 0.3) is 22.5 Å². The van der Waals surface area contributed by atoms with Crippen molar-refractivity contribution in [3.8, 4) is 22.5 Å². The van der Waals surface area contributed by atoms with Crippen molar-refractivity contribution in [1.82, 2.24) is 30.0 Å². The highest BCUT2D eigenvalue weighted by Crippen LogP contribution is 2.54. The van der Waals surface area contributed by atoms with Crippen molar-refractivity contribution in [3.05, 3.63) is 99.4 Å². The van der Waals surface area contributed by atoms with E-state index >= 15 is 0 Å². The predicted octanol–water partition coefficient (Wildman–Crippen LogP) is 9.24. The minimum atomic E-state index is -0.410. The van der Waals surface area contributed by atoms with Crippen LogP contribution in [0, 0.1) is 5.41 Å². The lowest BCUT2D eigenvalue weighted by Gasteiger charge is -2.40. The Morgan fingerprint density at radius 3 is 2.24 bits per heavy atom. The second-order valence-corrected chi connectivity index (χ2v) is 18.7. The highest BCUT2D eigenvalue weighted by atomic mass is 15.5. The van der Waals surface area contributed by atoms with E-state index in [-0.39, 0.29) is 22.4 Å². The summed E-state index contributed by atoms with van der Waals surface area (Å²) in [6, 6.07) is 20.8. The van der Waals surface area contributed by atoms with Gasteiger partial charge in [0.05, 0.1) is 28.2 Å². The second-order valence-electron chi connectivity index (χ2n) is 18.7. The van der Waals surface area contributed by atoms with Crippen molar-refractivity contribution < 1.29 is 0 Å². The zero-order valence-corrected chi connectivity index (χ0v) is 31.9. The molecular formula is C43H53N7. The molecule has 7 nitrogen and oxygen atoms in total. The molecule has 3 aliphatic rings. The molecule has 7 heteroatoms. The molecule has 0 bridgehead atoms. The van der Waals surface area contributed by atoms with Crippen molar-refractivity contribution >= 4 is 5.69 Å². The molecule has 2 aliphatic heterocycles. The van der Waals surface area contributed by atoms with Gasteiger partial charge in [-0.25, -0.2) is 9.36 Å². The Morgan fingerprint density at radius 1 is 0.780 bits per heavy atom. The van der Waals surface area contributed by atoms with E-state index < -0.39 is 5.54 Å². The first-order valence-electron chi connectivity index (χ1n) is 18.5. The maximum Gasteiger partial charge on any atom is 0.123 e. The number of aryl methyl sites for hydroxylation is 1. The molecule has 8 rings (SSSR count). The van der Waals surface area contributed by atoms with Gasteiger partial charge in [0.1, 0.15) is 5.69 Å². The molecule has 5 aromatic rings. The molecule has 1 aliphatic carbocycles. The zero-order valence-electron chi connectivity index (χ0n) is 31.9. The molecule has 0 saturated heterocycles. The summed E-state index contributed by atoms with van der Waals surface area (Å²) in [6.07, 6.45) is 3.84. The molecule has 4 heterocycles. The van der Waals surface area contributed by atoms with Crippen LogP contribution in [0.2, 0.25) is 0 Å². The van der Waals surface area contributed by atoms with E-state index in [9.17, 15) is 0 Å². The van der Waals surface area contributed by atoms with Crippen LogP contribution in [0.1, 0.15) is 127 Å². The quantitative estimate of drug-likeness (QED) is 0.188. The van der Waals surface area contributed by atoms with E-state index in [0.29, 0.717) is 0 Å². The Bertz CT molecular complexity index is 2140. The third-order valence-corrected chi connectivity index (χ3v) is 11.2.